The number of carbonyl (C=O) groups is 1. The minimum Gasteiger partial charge on any atom is -0.298 e. The van der Waals surface area contributed by atoms with Gasteiger partial charge in [0, 0.05) is 10.0 Å². The third-order valence-electron chi connectivity index (χ3n) is 1.84. The summed E-state index contributed by atoms with van der Waals surface area (Å²) in [6.07, 6.45) is 0.673. The molecule has 0 heterocycles. The lowest BCUT2D eigenvalue weighted by molar-refractivity contribution is 0.112. The molecule has 1 aromatic rings. The summed E-state index contributed by atoms with van der Waals surface area (Å²) in [6, 6.07) is 4.37. The van der Waals surface area contributed by atoms with Gasteiger partial charge in [0.2, 0.25) is 0 Å². The maximum Gasteiger partial charge on any atom is 0.178 e. The smallest absolute Gasteiger partial charge is 0.178 e. The molecule has 0 atom stereocenters. The van der Waals surface area contributed by atoms with Crippen LogP contribution in [-0.2, 0) is 9.84 Å². The molecule has 0 saturated carbocycles. The van der Waals surface area contributed by atoms with Gasteiger partial charge >= 0.3 is 0 Å². The van der Waals surface area contributed by atoms with Crippen molar-refractivity contribution in [2.45, 2.75) is 11.8 Å². The second kappa shape index (κ2) is 4.23. The second-order valence-electron chi connectivity index (χ2n) is 2.70. The standard InChI is InChI=1S/C9H9BrO3S/c1-2-14(12,13)8-4-3-7(6-11)9(10)5-8/h3-6H,2H2,1H3. The summed E-state index contributed by atoms with van der Waals surface area (Å²) in [5, 5.41) is 0. The highest BCUT2D eigenvalue weighted by Gasteiger charge is 2.12. The molecular formula is C9H9BrO3S. The van der Waals surface area contributed by atoms with Crippen LogP contribution in [0.5, 0.6) is 0 Å². The molecule has 0 saturated heterocycles. The van der Waals surface area contributed by atoms with Gasteiger partial charge in [0.25, 0.3) is 0 Å². The Labute approximate surface area is 91.2 Å². The van der Waals surface area contributed by atoms with Gasteiger partial charge in [-0.1, -0.05) is 22.9 Å². The maximum absolute atomic E-state index is 11.4. The molecule has 0 fully saturated rings. The number of carbonyl (C=O) groups excluding carboxylic acids is 1. The van der Waals surface area contributed by atoms with Gasteiger partial charge in [-0.2, -0.15) is 0 Å². The van der Waals surface area contributed by atoms with Crippen molar-refractivity contribution in [3.63, 3.8) is 0 Å². The summed E-state index contributed by atoms with van der Waals surface area (Å²) in [6.45, 7) is 1.58. The lowest BCUT2D eigenvalue weighted by Crippen LogP contribution is -2.03. The van der Waals surface area contributed by atoms with E-state index in [4.69, 9.17) is 0 Å². The first-order valence-corrected chi connectivity index (χ1v) is 6.43. The summed E-state index contributed by atoms with van der Waals surface area (Å²) >= 11 is 3.13. The van der Waals surface area contributed by atoms with Gasteiger partial charge in [-0.25, -0.2) is 8.42 Å². The Morgan fingerprint density at radius 3 is 2.50 bits per heavy atom. The van der Waals surface area contributed by atoms with Crippen LogP contribution in [0.2, 0.25) is 0 Å². The van der Waals surface area contributed by atoms with E-state index in [1.807, 2.05) is 0 Å². The van der Waals surface area contributed by atoms with E-state index < -0.39 is 9.84 Å². The van der Waals surface area contributed by atoms with Crippen LogP contribution in [-0.4, -0.2) is 20.5 Å². The molecule has 0 spiro atoms. The van der Waals surface area contributed by atoms with Crippen LogP contribution in [0.25, 0.3) is 0 Å². The summed E-state index contributed by atoms with van der Waals surface area (Å²) < 4.78 is 23.4. The van der Waals surface area contributed by atoms with Crippen LogP contribution in [0.1, 0.15) is 17.3 Å². The molecule has 0 bridgehead atoms. The number of halogens is 1. The first-order chi connectivity index (χ1) is 6.51. The molecule has 1 rings (SSSR count). The van der Waals surface area contributed by atoms with Crippen LogP contribution in [0.3, 0.4) is 0 Å². The predicted octanol–water partition coefficient (Wildman–Crippen LogP) is 2.06. The van der Waals surface area contributed by atoms with E-state index in [9.17, 15) is 13.2 Å². The fourth-order valence-corrected chi connectivity index (χ4v) is 2.49. The number of benzene rings is 1. The minimum atomic E-state index is -3.19. The summed E-state index contributed by atoms with van der Waals surface area (Å²) in [5.41, 5.74) is 0.444. The Morgan fingerprint density at radius 1 is 1.43 bits per heavy atom. The number of hydrogen-bond donors (Lipinski definition) is 0. The zero-order valence-electron chi connectivity index (χ0n) is 7.53. The van der Waals surface area contributed by atoms with Gasteiger partial charge in [-0.05, 0) is 18.2 Å². The van der Waals surface area contributed by atoms with Gasteiger partial charge in [-0.15, -0.1) is 0 Å². The first-order valence-electron chi connectivity index (χ1n) is 3.98. The maximum atomic E-state index is 11.4. The SMILES string of the molecule is CCS(=O)(=O)c1ccc(C=O)c(Br)c1. The quantitative estimate of drug-likeness (QED) is 0.794. The Bertz CT molecular complexity index is 451. The van der Waals surface area contributed by atoms with Crippen molar-refractivity contribution in [1.82, 2.24) is 0 Å². The lowest BCUT2D eigenvalue weighted by atomic mass is 10.2. The predicted molar refractivity (Wildman–Crippen MR) is 57.3 cm³/mol. The van der Waals surface area contributed by atoms with Crippen molar-refractivity contribution < 1.29 is 13.2 Å². The van der Waals surface area contributed by atoms with E-state index >= 15 is 0 Å². The number of hydrogen-bond acceptors (Lipinski definition) is 3. The zero-order chi connectivity index (χ0) is 10.8. The molecule has 0 aliphatic carbocycles. The molecule has 14 heavy (non-hydrogen) atoms. The molecule has 0 unspecified atom stereocenters. The van der Waals surface area contributed by atoms with Gasteiger partial charge in [0.1, 0.15) is 0 Å². The second-order valence-corrected chi connectivity index (χ2v) is 5.84. The summed E-state index contributed by atoms with van der Waals surface area (Å²) in [7, 11) is -3.19. The molecule has 0 aliphatic heterocycles. The van der Waals surface area contributed by atoms with Crippen molar-refractivity contribution >= 4 is 32.1 Å². The Hall–Kier alpha value is -0.680. The molecule has 0 radical (unpaired) electrons. The Kier molecular flexibility index (Phi) is 3.44. The minimum absolute atomic E-state index is 0.0554. The number of aldehydes is 1. The van der Waals surface area contributed by atoms with Crippen molar-refractivity contribution in [3.05, 3.63) is 28.2 Å². The molecule has 0 aromatic heterocycles. The van der Waals surface area contributed by atoms with E-state index in [0.29, 0.717) is 16.3 Å². The van der Waals surface area contributed by atoms with Gasteiger partial charge in [-0.3, -0.25) is 4.79 Å². The van der Waals surface area contributed by atoms with Crippen molar-refractivity contribution in [3.8, 4) is 0 Å². The lowest BCUT2D eigenvalue weighted by Gasteiger charge is -2.02. The normalized spacial score (nSPS) is 11.3. The Morgan fingerprint density at radius 2 is 2.07 bits per heavy atom. The summed E-state index contributed by atoms with van der Waals surface area (Å²) in [5.74, 6) is 0.0554. The average Bonchev–Trinajstić information content (AvgIpc) is 2.17. The number of rotatable bonds is 3. The third kappa shape index (κ3) is 2.22. The molecule has 5 heteroatoms. The molecule has 0 N–H and O–H groups in total. The van der Waals surface area contributed by atoms with Crippen LogP contribution in [0, 0.1) is 0 Å². The third-order valence-corrected chi connectivity index (χ3v) is 4.26. The highest BCUT2D eigenvalue weighted by molar-refractivity contribution is 9.10. The first kappa shape index (κ1) is 11.4. The topological polar surface area (TPSA) is 51.2 Å². The fourth-order valence-electron chi connectivity index (χ4n) is 0.964. The van der Waals surface area contributed by atoms with Gasteiger partial charge < -0.3 is 0 Å². The van der Waals surface area contributed by atoms with E-state index in [1.165, 1.54) is 18.2 Å². The van der Waals surface area contributed by atoms with Crippen LogP contribution in [0.4, 0.5) is 0 Å². The fraction of sp³-hybridized carbons (Fsp3) is 0.222. The van der Waals surface area contributed by atoms with Crippen molar-refractivity contribution in [2.24, 2.45) is 0 Å². The van der Waals surface area contributed by atoms with Crippen LogP contribution < -0.4 is 0 Å². The molecule has 0 amide bonds. The van der Waals surface area contributed by atoms with Crippen LogP contribution >= 0.6 is 15.9 Å². The Balaban J connectivity index is 3.29. The molecular weight excluding hydrogens is 268 g/mol. The van der Waals surface area contributed by atoms with Gasteiger partial charge in [0.15, 0.2) is 16.1 Å². The molecule has 0 aliphatic rings. The van der Waals surface area contributed by atoms with E-state index in [-0.39, 0.29) is 10.6 Å². The molecule has 3 nitrogen and oxygen atoms in total. The average molecular weight is 277 g/mol. The van der Waals surface area contributed by atoms with E-state index in [0.717, 1.165) is 0 Å². The number of sulfone groups is 1. The molecule has 76 valence electrons. The zero-order valence-corrected chi connectivity index (χ0v) is 9.93. The van der Waals surface area contributed by atoms with Crippen LogP contribution in [0.15, 0.2) is 27.6 Å². The largest absolute Gasteiger partial charge is 0.298 e. The van der Waals surface area contributed by atoms with E-state index in [2.05, 4.69) is 15.9 Å². The van der Waals surface area contributed by atoms with E-state index in [1.54, 1.807) is 6.92 Å². The van der Waals surface area contributed by atoms with Crippen molar-refractivity contribution in [1.29, 1.82) is 0 Å². The highest BCUT2D eigenvalue weighted by atomic mass is 79.9. The summed E-state index contributed by atoms with van der Waals surface area (Å²) in [4.78, 5) is 10.7. The highest BCUT2D eigenvalue weighted by Crippen LogP contribution is 2.20. The monoisotopic (exact) mass is 276 g/mol. The molecule has 1 aromatic carbocycles. The van der Waals surface area contributed by atoms with Gasteiger partial charge in [0.05, 0.1) is 10.6 Å². The van der Waals surface area contributed by atoms with Crippen molar-refractivity contribution in [2.75, 3.05) is 5.75 Å².